The highest BCUT2D eigenvalue weighted by Gasteiger charge is 2.18. The van der Waals surface area contributed by atoms with Gasteiger partial charge >= 0.3 is 0 Å². The van der Waals surface area contributed by atoms with Crippen molar-refractivity contribution in [3.05, 3.63) is 35.4 Å². The van der Waals surface area contributed by atoms with Crippen molar-refractivity contribution < 1.29 is 17.2 Å². The summed E-state index contributed by atoms with van der Waals surface area (Å²) in [6.45, 7) is 8.63. The molecule has 0 aliphatic heterocycles. The maximum Gasteiger partial charge on any atom is 0.215 e. The molecule has 1 rings (SSSR count). The number of guanidine groups is 1. The highest BCUT2D eigenvalue weighted by molar-refractivity contribution is 14.0. The van der Waals surface area contributed by atoms with Crippen LogP contribution in [-0.2, 0) is 10.0 Å². The Kier molecular flexibility index (Phi) is 12.0. The molecule has 6 nitrogen and oxygen atoms in total. The van der Waals surface area contributed by atoms with Gasteiger partial charge in [-0.2, -0.15) is 0 Å². The van der Waals surface area contributed by atoms with Gasteiger partial charge in [0, 0.05) is 31.3 Å². The first-order valence-electron chi connectivity index (χ1n) is 8.72. The van der Waals surface area contributed by atoms with Gasteiger partial charge in [-0.15, -0.1) is 24.0 Å². The molecule has 0 aliphatic rings. The van der Waals surface area contributed by atoms with E-state index in [4.69, 9.17) is 0 Å². The van der Waals surface area contributed by atoms with E-state index >= 15 is 0 Å². The van der Waals surface area contributed by atoms with Crippen LogP contribution in [-0.4, -0.2) is 50.6 Å². The van der Waals surface area contributed by atoms with Crippen molar-refractivity contribution in [2.24, 2.45) is 4.99 Å². The normalized spacial score (nSPS) is 13.2. The number of halogens is 3. The van der Waals surface area contributed by atoms with E-state index in [1.807, 2.05) is 6.92 Å². The first-order valence-corrected chi connectivity index (χ1v) is 10.3. The van der Waals surface area contributed by atoms with Crippen LogP contribution in [0.25, 0.3) is 0 Å². The summed E-state index contributed by atoms with van der Waals surface area (Å²) in [6, 6.07) is 2.93. The van der Waals surface area contributed by atoms with Gasteiger partial charge in [0.25, 0.3) is 0 Å². The molecular formula is C17H29F2IN4O2S. The Labute approximate surface area is 177 Å². The first kappa shape index (κ1) is 26.0. The van der Waals surface area contributed by atoms with Crippen LogP contribution >= 0.6 is 24.0 Å². The highest BCUT2D eigenvalue weighted by atomic mass is 127. The monoisotopic (exact) mass is 518 g/mol. The fraction of sp³-hybridized carbons (Fsp3) is 0.588. The molecule has 0 saturated carbocycles. The van der Waals surface area contributed by atoms with Crippen LogP contribution in [0.3, 0.4) is 0 Å². The molecule has 0 amide bonds. The molecule has 10 heteroatoms. The zero-order valence-electron chi connectivity index (χ0n) is 16.1. The van der Waals surface area contributed by atoms with Gasteiger partial charge in [-0.3, -0.25) is 4.99 Å². The quantitative estimate of drug-likeness (QED) is 0.300. The Hall–Kier alpha value is -1.01. The van der Waals surface area contributed by atoms with E-state index in [1.165, 1.54) is 16.4 Å². The fourth-order valence-electron chi connectivity index (χ4n) is 2.47. The van der Waals surface area contributed by atoms with Gasteiger partial charge in [-0.05, 0) is 19.9 Å². The van der Waals surface area contributed by atoms with E-state index in [1.54, 1.807) is 20.8 Å². The van der Waals surface area contributed by atoms with Gasteiger partial charge in [-0.25, -0.2) is 21.5 Å². The summed E-state index contributed by atoms with van der Waals surface area (Å²) in [5.41, 5.74) is 0.299. The number of hydrogen-bond acceptors (Lipinski definition) is 3. The average molecular weight is 518 g/mol. The Morgan fingerprint density at radius 1 is 1.22 bits per heavy atom. The lowest BCUT2D eigenvalue weighted by Gasteiger charge is -2.20. The topological polar surface area (TPSA) is 73.8 Å². The van der Waals surface area contributed by atoms with Crippen molar-refractivity contribution in [2.45, 2.75) is 33.7 Å². The van der Waals surface area contributed by atoms with Crippen LogP contribution in [0.4, 0.5) is 8.78 Å². The standard InChI is InChI=1S/C17H28F2N4O2S.HI/c1-5-20-17(21-10-11-26(24,25)23(6-2)7-3)22-13(4)15-9-8-14(18)12-16(15)19;/h8-9,12-13H,5-7,10-11H2,1-4H3,(H2,20,21,22);1H. The number of sulfonamides is 1. The Morgan fingerprint density at radius 3 is 2.37 bits per heavy atom. The number of rotatable bonds is 9. The minimum absolute atomic E-state index is 0. The van der Waals surface area contributed by atoms with Crippen LogP contribution in [0.15, 0.2) is 23.2 Å². The van der Waals surface area contributed by atoms with Crippen LogP contribution in [0.1, 0.15) is 39.3 Å². The Morgan fingerprint density at radius 2 is 1.85 bits per heavy atom. The van der Waals surface area contributed by atoms with Gasteiger partial charge in [-0.1, -0.05) is 19.9 Å². The van der Waals surface area contributed by atoms with Crippen LogP contribution < -0.4 is 10.6 Å². The molecule has 156 valence electrons. The number of hydrogen-bond donors (Lipinski definition) is 2. The summed E-state index contributed by atoms with van der Waals surface area (Å²) in [7, 11) is -3.36. The molecule has 0 spiro atoms. The van der Waals surface area contributed by atoms with E-state index in [9.17, 15) is 17.2 Å². The molecule has 1 aromatic carbocycles. The van der Waals surface area contributed by atoms with Crippen molar-refractivity contribution in [3.63, 3.8) is 0 Å². The molecule has 0 aromatic heterocycles. The Balaban J connectivity index is 0.00000676. The minimum Gasteiger partial charge on any atom is -0.357 e. The smallest absolute Gasteiger partial charge is 0.215 e. The predicted octanol–water partition coefficient (Wildman–Crippen LogP) is 2.87. The molecule has 0 heterocycles. The Bertz CT molecular complexity index is 713. The van der Waals surface area contributed by atoms with Crippen molar-refractivity contribution in [1.82, 2.24) is 14.9 Å². The molecule has 1 aromatic rings. The molecule has 0 saturated heterocycles. The van der Waals surface area contributed by atoms with Crippen LogP contribution in [0, 0.1) is 11.6 Å². The third-order valence-electron chi connectivity index (χ3n) is 3.84. The maximum atomic E-state index is 13.9. The molecule has 0 bridgehead atoms. The van der Waals surface area contributed by atoms with Crippen LogP contribution in [0.5, 0.6) is 0 Å². The number of nitrogens with zero attached hydrogens (tertiary/aromatic N) is 2. The molecule has 1 unspecified atom stereocenters. The molecule has 0 aliphatic carbocycles. The molecule has 0 radical (unpaired) electrons. The second-order valence-corrected chi connectivity index (χ2v) is 7.78. The van der Waals surface area contributed by atoms with Gasteiger partial charge in [0.05, 0.1) is 18.3 Å². The minimum atomic E-state index is -3.36. The average Bonchev–Trinajstić information content (AvgIpc) is 2.55. The predicted molar refractivity (Wildman–Crippen MR) is 116 cm³/mol. The summed E-state index contributed by atoms with van der Waals surface area (Å²) >= 11 is 0. The molecule has 1 atom stereocenters. The van der Waals surface area contributed by atoms with Gasteiger partial charge in [0.15, 0.2) is 5.96 Å². The summed E-state index contributed by atoms with van der Waals surface area (Å²) in [6.07, 6.45) is 0. The third kappa shape index (κ3) is 8.26. The number of nitrogens with one attached hydrogen (secondary N) is 2. The van der Waals surface area contributed by atoms with E-state index in [-0.39, 0.29) is 36.3 Å². The maximum absolute atomic E-state index is 13.9. The molecule has 0 fully saturated rings. The van der Waals surface area contributed by atoms with Gasteiger partial charge in [0.1, 0.15) is 11.6 Å². The lowest BCUT2D eigenvalue weighted by molar-refractivity contribution is 0.445. The van der Waals surface area contributed by atoms with E-state index in [0.29, 0.717) is 31.2 Å². The number of benzene rings is 1. The number of aliphatic imine (C=N–C) groups is 1. The van der Waals surface area contributed by atoms with Gasteiger partial charge < -0.3 is 10.6 Å². The molecule has 27 heavy (non-hydrogen) atoms. The SMILES string of the molecule is CCNC(=NCCS(=O)(=O)N(CC)CC)NC(C)c1ccc(F)cc1F.I. The van der Waals surface area contributed by atoms with Crippen molar-refractivity contribution in [2.75, 3.05) is 31.9 Å². The molecule has 2 N–H and O–H groups in total. The third-order valence-corrected chi connectivity index (χ3v) is 5.85. The van der Waals surface area contributed by atoms with E-state index in [2.05, 4.69) is 15.6 Å². The summed E-state index contributed by atoms with van der Waals surface area (Å²) in [4.78, 5) is 4.25. The first-order chi connectivity index (χ1) is 12.2. The highest BCUT2D eigenvalue weighted by Crippen LogP contribution is 2.17. The summed E-state index contributed by atoms with van der Waals surface area (Å²) < 4.78 is 52.7. The lowest BCUT2D eigenvalue weighted by atomic mass is 10.1. The van der Waals surface area contributed by atoms with Crippen molar-refractivity contribution in [1.29, 1.82) is 0 Å². The second-order valence-electron chi connectivity index (χ2n) is 5.69. The van der Waals surface area contributed by atoms with E-state index in [0.717, 1.165) is 6.07 Å². The zero-order valence-corrected chi connectivity index (χ0v) is 19.3. The van der Waals surface area contributed by atoms with Gasteiger partial charge in [0.2, 0.25) is 10.0 Å². The summed E-state index contributed by atoms with van der Waals surface area (Å²) in [5.74, 6) is -1.02. The van der Waals surface area contributed by atoms with Crippen molar-refractivity contribution in [3.8, 4) is 0 Å². The zero-order chi connectivity index (χ0) is 19.7. The largest absolute Gasteiger partial charge is 0.357 e. The second kappa shape index (κ2) is 12.4. The van der Waals surface area contributed by atoms with Crippen molar-refractivity contribution >= 4 is 40.0 Å². The summed E-state index contributed by atoms with van der Waals surface area (Å²) in [5, 5.41) is 6.00. The van der Waals surface area contributed by atoms with E-state index < -0.39 is 27.7 Å². The van der Waals surface area contributed by atoms with Crippen LogP contribution in [0.2, 0.25) is 0 Å². The lowest BCUT2D eigenvalue weighted by Crippen LogP contribution is -2.39. The fourth-order valence-corrected chi connectivity index (χ4v) is 3.84. The molecular weight excluding hydrogens is 489 g/mol.